The topological polar surface area (TPSA) is 68.7 Å². The molecule has 0 aliphatic carbocycles. The van der Waals surface area contributed by atoms with E-state index < -0.39 is 5.82 Å². The Hall–Kier alpha value is -2.68. The van der Waals surface area contributed by atoms with Gasteiger partial charge in [0.1, 0.15) is 30.1 Å². The Morgan fingerprint density at radius 1 is 1.29 bits per heavy atom. The van der Waals surface area contributed by atoms with Crippen molar-refractivity contribution in [1.29, 1.82) is 0 Å². The van der Waals surface area contributed by atoms with E-state index in [1.807, 2.05) is 12.1 Å². The Morgan fingerprint density at radius 3 is 2.94 bits per heavy atom. The minimum absolute atomic E-state index is 0.0371. The molecule has 7 nitrogen and oxygen atoms in total. The number of likely N-dealkylation sites (tertiary alicyclic amines) is 1. The van der Waals surface area contributed by atoms with Crippen LogP contribution >= 0.6 is 11.6 Å². The lowest BCUT2D eigenvalue weighted by molar-refractivity contribution is 0.0257. The maximum atomic E-state index is 13.5. The molecule has 0 radical (unpaired) electrons. The Morgan fingerprint density at radius 2 is 2.19 bits per heavy atom. The van der Waals surface area contributed by atoms with Gasteiger partial charge >= 0.3 is 0 Å². The summed E-state index contributed by atoms with van der Waals surface area (Å²) in [6, 6.07) is 8.61. The maximum absolute atomic E-state index is 13.5. The van der Waals surface area contributed by atoms with Crippen molar-refractivity contribution in [1.82, 2.24) is 14.9 Å². The van der Waals surface area contributed by atoms with Crippen LogP contribution in [-0.2, 0) is 4.74 Å². The number of rotatable bonds is 7. The first-order valence-corrected chi connectivity index (χ1v) is 10.5. The van der Waals surface area contributed by atoms with Crippen molar-refractivity contribution in [2.75, 3.05) is 38.7 Å². The van der Waals surface area contributed by atoms with Gasteiger partial charge in [-0.15, -0.1) is 0 Å². The standard InChI is InChI=1S/C22H22ClFN4O3/c1-29-19-5-3-16-20(21(19)30-7-6-28-10-15-9-14(28)11-31-15)25-12-26-22(16)27-13-2-4-18(24)17(23)8-13/h2-5,8,12,14-15H,6-7,9-11H2,1H3,(H,25,26,27). The molecule has 3 heterocycles. The highest BCUT2D eigenvalue weighted by Crippen LogP contribution is 2.37. The van der Waals surface area contributed by atoms with Crippen molar-refractivity contribution in [2.24, 2.45) is 0 Å². The number of nitrogens with one attached hydrogen (secondary N) is 1. The van der Waals surface area contributed by atoms with Gasteiger partial charge in [-0.25, -0.2) is 14.4 Å². The van der Waals surface area contributed by atoms with Crippen molar-refractivity contribution >= 4 is 34.0 Å². The first kappa shape index (κ1) is 20.2. The summed E-state index contributed by atoms with van der Waals surface area (Å²) in [7, 11) is 1.60. The molecule has 2 saturated heterocycles. The largest absolute Gasteiger partial charge is 0.493 e. The fraction of sp³-hybridized carbons (Fsp3) is 0.364. The van der Waals surface area contributed by atoms with Crippen LogP contribution in [0.4, 0.5) is 15.9 Å². The van der Waals surface area contributed by atoms with Gasteiger partial charge in [0.15, 0.2) is 11.5 Å². The summed E-state index contributed by atoms with van der Waals surface area (Å²) in [5, 5.41) is 3.97. The summed E-state index contributed by atoms with van der Waals surface area (Å²) in [6.07, 6.45) is 2.92. The number of hydrogen-bond acceptors (Lipinski definition) is 7. The van der Waals surface area contributed by atoms with Crippen molar-refractivity contribution in [3.8, 4) is 11.5 Å². The third kappa shape index (κ3) is 3.98. The molecule has 2 bridgehead atoms. The average molecular weight is 445 g/mol. The smallest absolute Gasteiger partial charge is 0.187 e. The Kier molecular flexibility index (Phi) is 5.52. The fourth-order valence-corrected chi connectivity index (χ4v) is 4.39. The number of nitrogens with zero attached hydrogens (tertiary/aromatic N) is 3. The molecule has 162 valence electrons. The summed E-state index contributed by atoms with van der Waals surface area (Å²) in [4.78, 5) is 11.2. The predicted molar refractivity (Wildman–Crippen MR) is 116 cm³/mol. The number of aromatic nitrogens is 2. The van der Waals surface area contributed by atoms with Crippen molar-refractivity contribution in [3.63, 3.8) is 0 Å². The van der Waals surface area contributed by atoms with E-state index in [9.17, 15) is 4.39 Å². The number of benzene rings is 2. The molecule has 5 rings (SSSR count). The minimum atomic E-state index is -0.474. The van der Waals surface area contributed by atoms with Crippen molar-refractivity contribution in [3.05, 3.63) is 47.5 Å². The Bertz CT molecular complexity index is 1120. The summed E-state index contributed by atoms with van der Waals surface area (Å²) in [5.74, 6) is 1.27. The molecule has 2 aliphatic heterocycles. The summed E-state index contributed by atoms with van der Waals surface area (Å²) in [5.41, 5.74) is 1.26. The third-order valence-corrected chi connectivity index (χ3v) is 6.05. The average Bonchev–Trinajstić information content (AvgIpc) is 3.40. The maximum Gasteiger partial charge on any atom is 0.187 e. The number of fused-ring (bicyclic) bond motifs is 3. The fourth-order valence-electron chi connectivity index (χ4n) is 4.21. The van der Waals surface area contributed by atoms with E-state index in [4.69, 9.17) is 25.8 Å². The van der Waals surface area contributed by atoms with E-state index in [1.165, 1.54) is 18.5 Å². The van der Waals surface area contributed by atoms with Gasteiger partial charge < -0.3 is 19.5 Å². The molecular weight excluding hydrogens is 423 g/mol. The zero-order valence-electron chi connectivity index (χ0n) is 17.0. The lowest BCUT2D eigenvalue weighted by atomic mass is 10.2. The first-order chi connectivity index (χ1) is 15.1. The van der Waals surface area contributed by atoms with E-state index in [2.05, 4.69) is 20.2 Å². The van der Waals surface area contributed by atoms with Gasteiger partial charge in [0.2, 0.25) is 0 Å². The number of methoxy groups -OCH3 is 1. The van der Waals surface area contributed by atoms with Crippen LogP contribution in [-0.4, -0.2) is 60.4 Å². The summed E-state index contributed by atoms with van der Waals surface area (Å²) >= 11 is 5.90. The quantitative estimate of drug-likeness (QED) is 0.590. The van der Waals surface area contributed by atoms with Gasteiger partial charge in [0, 0.05) is 30.2 Å². The highest BCUT2D eigenvalue weighted by Gasteiger charge is 2.38. The lowest BCUT2D eigenvalue weighted by Crippen LogP contribution is -2.39. The van der Waals surface area contributed by atoms with E-state index in [1.54, 1.807) is 13.2 Å². The normalized spacial score (nSPS) is 20.4. The third-order valence-electron chi connectivity index (χ3n) is 5.77. The molecule has 0 amide bonds. The van der Waals surface area contributed by atoms with Crippen LogP contribution in [0.15, 0.2) is 36.7 Å². The number of hydrogen-bond donors (Lipinski definition) is 1. The molecule has 9 heteroatoms. The second kappa shape index (κ2) is 8.45. The SMILES string of the molecule is COc1ccc2c(Nc3ccc(F)c(Cl)c3)ncnc2c1OCCN1CC2CC1CO2. The highest BCUT2D eigenvalue weighted by atomic mass is 35.5. The van der Waals surface area contributed by atoms with E-state index in [0.717, 1.165) is 31.5 Å². The second-order valence-corrected chi connectivity index (χ2v) is 8.06. The van der Waals surface area contributed by atoms with Crippen molar-refractivity contribution < 1.29 is 18.6 Å². The lowest BCUT2D eigenvalue weighted by Gasteiger charge is -2.26. The number of ether oxygens (including phenoxy) is 3. The molecule has 0 spiro atoms. The van der Waals surface area contributed by atoms with Crippen LogP contribution in [0.1, 0.15) is 6.42 Å². The number of halogens is 2. The van der Waals surface area contributed by atoms with Crippen LogP contribution < -0.4 is 14.8 Å². The molecule has 2 atom stereocenters. The molecule has 1 N–H and O–H groups in total. The van der Waals surface area contributed by atoms with Crippen LogP contribution in [0, 0.1) is 5.82 Å². The first-order valence-electron chi connectivity index (χ1n) is 10.1. The molecule has 2 aliphatic rings. The summed E-state index contributed by atoms with van der Waals surface area (Å²) < 4.78 is 30.8. The summed E-state index contributed by atoms with van der Waals surface area (Å²) in [6.45, 7) is 3.09. The Balaban J connectivity index is 1.39. The molecule has 1 aromatic heterocycles. The molecule has 2 unspecified atom stereocenters. The van der Waals surface area contributed by atoms with Gasteiger partial charge in [0.25, 0.3) is 0 Å². The van der Waals surface area contributed by atoms with Gasteiger partial charge in [-0.3, -0.25) is 4.90 Å². The number of anilines is 2. The molecule has 2 aromatic carbocycles. The zero-order chi connectivity index (χ0) is 21.4. The van der Waals surface area contributed by atoms with E-state index in [-0.39, 0.29) is 5.02 Å². The van der Waals surface area contributed by atoms with E-state index in [0.29, 0.717) is 47.3 Å². The van der Waals surface area contributed by atoms with Gasteiger partial charge in [-0.1, -0.05) is 11.6 Å². The van der Waals surface area contributed by atoms with Crippen molar-refractivity contribution in [2.45, 2.75) is 18.6 Å². The molecule has 3 aromatic rings. The molecular formula is C22H22ClFN4O3. The molecule has 31 heavy (non-hydrogen) atoms. The van der Waals surface area contributed by atoms with E-state index >= 15 is 0 Å². The second-order valence-electron chi connectivity index (χ2n) is 7.66. The van der Waals surface area contributed by atoms with Gasteiger partial charge in [-0.05, 0) is 36.8 Å². The monoisotopic (exact) mass is 444 g/mol. The van der Waals surface area contributed by atoms with Crippen LogP contribution in [0.5, 0.6) is 11.5 Å². The van der Waals surface area contributed by atoms with Gasteiger partial charge in [0.05, 0.1) is 24.8 Å². The van der Waals surface area contributed by atoms with Gasteiger partial charge in [-0.2, -0.15) is 0 Å². The highest BCUT2D eigenvalue weighted by molar-refractivity contribution is 6.31. The number of morpholine rings is 1. The van der Waals surface area contributed by atoms with Crippen LogP contribution in [0.2, 0.25) is 5.02 Å². The Labute approximate surface area is 184 Å². The molecule has 0 saturated carbocycles. The molecule has 2 fully saturated rings. The zero-order valence-corrected chi connectivity index (χ0v) is 17.7. The van der Waals surface area contributed by atoms with Crippen LogP contribution in [0.3, 0.4) is 0 Å². The minimum Gasteiger partial charge on any atom is -0.493 e. The predicted octanol–water partition coefficient (Wildman–Crippen LogP) is 4.03. The van der Waals surface area contributed by atoms with Crippen LogP contribution in [0.25, 0.3) is 10.9 Å².